The number of aromatic nitrogens is 2. The van der Waals surface area contributed by atoms with Crippen molar-refractivity contribution in [2.24, 2.45) is 0 Å². The van der Waals surface area contributed by atoms with Gasteiger partial charge >= 0.3 is 0 Å². The highest BCUT2D eigenvalue weighted by molar-refractivity contribution is 6.30. The zero-order valence-corrected chi connectivity index (χ0v) is 8.59. The van der Waals surface area contributed by atoms with E-state index in [0.717, 1.165) is 5.56 Å². The van der Waals surface area contributed by atoms with E-state index >= 15 is 0 Å². The molecule has 0 fully saturated rings. The van der Waals surface area contributed by atoms with Crippen molar-refractivity contribution >= 4 is 23.2 Å². The molecule has 0 unspecified atom stereocenters. The standard InChI is InChI=1S/C9H6Cl2N2O/c10-7-3-1-6(2-4-7)5-8-12-9(11)13-14-8/h1-4H,5H2. The molecule has 0 aliphatic heterocycles. The van der Waals surface area contributed by atoms with Gasteiger partial charge in [-0.2, -0.15) is 4.98 Å². The molecule has 72 valence electrons. The van der Waals surface area contributed by atoms with Crippen LogP contribution in [-0.4, -0.2) is 10.1 Å². The molecule has 1 heterocycles. The molecule has 0 saturated carbocycles. The Bertz CT molecular complexity index is 425. The first-order chi connectivity index (χ1) is 6.74. The Morgan fingerprint density at radius 1 is 1.14 bits per heavy atom. The molecule has 0 aliphatic rings. The van der Waals surface area contributed by atoms with Crippen molar-refractivity contribution in [3.63, 3.8) is 0 Å². The van der Waals surface area contributed by atoms with Gasteiger partial charge in [-0.3, -0.25) is 0 Å². The van der Waals surface area contributed by atoms with Gasteiger partial charge in [0.2, 0.25) is 5.89 Å². The largest absolute Gasteiger partial charge is 0.338 e. The molecule has 0 bridgehead atoms. The summed E-state index contributed by atoms with van der Waals surface area (Å²) in [5, 5.41) is 4.32. The second-order valence-corrected chi connectivity index (χ2v) is 3.53. The monoisotopic (exact) mass is 228 g/mol. The van der Waals surface area contributed by atoms with Gasteiger partial charge in [0.15, 0.2) is 0 Å². The van der Waals surface area contributed by atoms with E-state index in [4.69, 9.17) is 27.7 Å². The SMILES string of the molecule is Clc1ccc(Cc2nc(Cl)no2)cc1. The van der Waals surface area contributed by atoms with Crippen LogP contribution in [0.4, 0.5) is 0 Å². The summed E-state index contributed by atoms with van der Waals surface area (Å²) in [6.07, 6.45) is 0.566. The van der Waals surface area contributed by atoms with E-state index in [2.05, 4.69) is 10.1 Å². The summed E-state index contributed by atoms with van der Waals surface area (Å²) in [6, 6.07) is 7.44. The molecule has 14 heavy (non-hydrogen) atoms. The Morgan fingerprint density at radius 3 is 2.43 bits per heavy atom. The van der Waals surface area contributed by atoms with Gasteiger partial charge < -0.3 is 4.52 Å². The predicted molar refractivity (Wildman–Crippen MR) is 53.6 cm³/mol. The average molecular weight is 229 g/mol. The Hall–Kier alpha value is -1.06. The molecule has 0 spiro atoms. The number of nitrogens with zero attached hydrogens (tertiary/aromatic N) is 2. The van der Waals surface area contributed by atoms with Gasteiger partial charge in [-0.1, -0.05) is 23.7 Å². The summed E-state index contributed by atoms with van der Waals surface area (Å²) >= 11 is 11.3. The molecule has 2 rings (SSSR count). The molecular formula is C9H6Cl2N2O. The third-order valence-electron chi connectivity index (χ3n) is 1.71. The van der Waals surface area contributed by atoms with E-state index in [9.17, 15) is 0 Å². The quantitative estimate of drug-likeness (QED) is 0.794. The molecule has 1 aromatic carbocycles. The Morgan fingerprint density at radius 2 is 1.86 bits per heavy atom. The van der Waals surface area contributed by atoms with Gasteiger partial charge in [-0.25, -0.2) is 0 Å². The Kier molecular flexibility index (Phi) is 2.70. The van der Waals surface area contributed by atoms with Gasteiger partial charge in [0, 0.05) is 5.02 Å². The maximum Gasteiger partial charge on any atom is 0.263 e. The zero-order chi connectivity index (χ0) is 9.97. The molecule has 0 saturated heterocycles. The van der Waals surface area contributed by atoms with Crippen LogP contribution in [0.2, 0.25) is 10.3 Å². The van der Waals surface area contributed by atoms with Crippen LogP contribution in [0, 0.1) is 0 Å². The van der Waals surface area contributed by atoms with Crippen molar-refractivity contribution in [2.75, 3.05) is 0 Å². The van der Waals surface area contributed by atoms with Crippen molar-refractivity contribution in [1.82, 2.24) is 10.1 Å². The normalized spacial score (nSPS) is 10.4. The van der Waals surface area contributed by atoms with E-state index in [1.165, 1.54) is 0 Å². The average Bonchev–Trinajstić information content (AvgIpc) is 2.56. The van der Waals surface area contributed by atoms with Crippen molar-refractivity contribution in [3.8, 4) is 0 Å². The minimum Gasteiger partial charge on any atom is -0.338 e. The topological polar surface area (TPSA) is 38.9 Å². The third kappa shape index (κ3) is 2.25. The fourth-order valence-electron chi connectivity index (χ4n) is 1.08. The van der Waals surface area contributed by atoms with Crippen LogP contribution < -0.4 is 0 Å². The fourth-order valence-corrected chi connectivity index (χ4v) is 1.34. The maximum absolute atomic E-state index is 5.75. The number of hydrogen-bond donors (Lipinski definition) is 0. The lowest BCUT2D eigenvalue weighted by atomic mass is 10.1. The summed E-state index contributed by atoms with van der Waals surface area (Å²) in [5.74, 6) is 0.498. The summed E-state index contributed by atoms with van der Waals surface area (Å²) in [6.45, 7) is 0. The summed E-state index contributed by atoms with van der Waals surface area (Å²) < 4.78 is 4.87. The molecule has 3 nitrogen and oxygen atoms in total. The van der Waals surface area contributed by atoms with Crippen LogP contribution in [-0.2, 0) is 6.42 Å². The molecule has 0 radical (unpaired) electrons. The fraction of sp³-hybridized carbons (Fsp3) is 0.111. The number of benzene rings is 1. The first kappa shape index (κ1) is 9.49. The molecule has 0 atom stereocenters. The molecular weight excluding hydrogens is 223 g/mol. The molecule has 0 N–H and O–H groups in total. The van der Waals surface area contributed by atoms with Gasteiger partial charge in [0.05, 0.1) is 6.42 Å². The zero-order valence-electron chi connectivity index (χ0n) is 7.08. The molecule has 0 aliphatic carbocycles. The molecule has 1 aromatic heterocycles. The van der Waals surface area contributed by atoms with Crippen molar-refractivity contribution < 1.29 is 4.52 Å². The van der Waals surface area contributed by atoms with Crippen LogP contribution in [0.1, 0.15) is 11.5 Å². The van der Waals surface area contributed by atoms with E-state index in [0.29, 0.717) is 17.3 Å². The van der Waals surface area contributed by atoms with Gasteiger partial charge in [-0.05, 0) is 34.5 Å². The highest BCUT2D eigenvalue weighted by atomic mass is 35.5. The van der Waals surface area contributed by atoms with Gasteiger partial charge in [0.25, 0.3) is 5.28 Å². The lowest BCUT2D eigenvalue weighted by molar-refractivity contribution is 0.384. The predicted octanol–water partition coefficient (Wildman–Crippen LogP) is 2.97. The number of hydrogen-bond acceptors (Lipinski definition) is 3. The van der Waals surface area contributed by atoms with Crippen molar-refractivity contribution in [3.05, 3.63) is 46.0 Å². The van der Waals surface area contributed by atoms with Crippen molar-refractivity contribution in [2.45, 2.75) is 6.42 Å². The lowest BCUT2D eigenvalue weighted by Gasteiger charge is -1.95. The van der Waals surface area contributed by atoms with Crippen molar-refractivity contribution in [1.29, 1.82) is 0 Å². The second-order valence-electron chi connectivity index (χ2n) is 2.76. The van der Waals surface area contributed by atoms with Crippen LogP contribution >= 0.6 is 23.2 Å². The maximum atomic E-state index is 5.75. The Balaban J connectivity index is 2.15. The molecule has 5 heteroatoms. The third-order valence-corrected chi connectivity index (χ3v) is 2.12. The van der Waals surface area contributed by atoms with Gasteiger partial charge in [0.1, 0.15) is 0 Å². The summed E-state index contributed by atoms with van der Waals surface area (Å²) in [7, 11) is 0. The first-order valence-corrected chi connectivity index (χ1v) is 4.72. The van der Waals surface area contributed by atoms with E-state index < -0.39 is 0 Å². The molecule has 2 aromatic rings. The van der Waals surface area contributed by atoms with Gasteiger partial charge in [-0.15, -0.1) is 0 Å². The van der Waals surface area contributed by atoms with E-state index in [1.54, 1.807) is 0 Å². The lowest BCUT2D eigenvalue weighted by Crippen LogP contribution is -1.87. The second kappa shape index (κ2) is 3.98. The highest BCUT2D eigenvalue weighted by Gasteiger charge is 2.04. The summed E-state index contributed by atoms with van der Waals surface area (Å²) in [4.78, 5) is 3.88. The van der Waals surface area contributed by atoms with Crippen LogP contribution in [0.5, 0.6) is 0 Å². The Labute approximate surface area is 90.6 Å². The van der Waals surface area contributed by atoms with E-state index in [-0.39, 0.29) is 5.28 Å². The highest BCUT2D eigenvalue weighted by Crippen LogP contribution is 2.13. The van der Waals surface area contributed by atoms with Crippen LogP contribution in [0.15, 0.2) is 28.8 Å². The number of rotatable bonds is 2. The summed E-state index contributed by atoms with van der Waals surface area (Å²) in [5.41, 5.74) is 1.05. The first-order valence-electron chi connectivity index (χ1n) is 3.96. The van der Waals surface area contributed by atoms with Crippen LogP contribution in [0.25, 0.3) is 0 Å². The molecule has 0 amide bonds. The minimum atomic E-state index is 0.133. The minimum absolute atomic E-state index is 0.133. The van der Waals surface area contributed by atoms with E-state index in [1.807, 2.05) is 24.3 Å². The van der Waals surface area contributed by atoms with Crippen LogP contribution in [0.3, 0.4) is 0 Å². The number of halogens is 2. The smallest absolute Gasteiger partial charge is 0.263 e.